The van der Waals surface area contributed by atoms with Crippen molar-refractivity contribution in [2.24, 2.45) is 0 Å². The van der Waals surface area contributed by atoms with Crippen molar-refractivity contribution >= 4 is 5.69 Å². The van der Waals surface area contributed by atoms with Crippen molar-refractivity contribution < 1.29 is 19.3 Å². The van der Waals surface area contributed by atoms with Crippen LogP contribution in [0.1, 0.15) is 28.3 Å². The van der Waals surface area contributed by atoms with Gasteiger partial charge in [-0.1, -0.05) is 30.3 Å². The van der Waals surface area contributed by atoms with Gasteiger partial charge >= 0.3 is 0 Å². The minimum atomic E-state index is -0.242. The first-order valence-electron chi connectivity index (χ1n) is 13.0. The summed E-state index contributed by atoms with van der Waals surface area (Å²) in [6.45, 7) is 2.86. The molecule has 0 aliphatic carbocycles. The molecule has 1 aliphatic rings. The van der Waals surface area contributed by atoms with Crippen molar-refractivity contribution in [2.75, 3.05) is 31.6 Å². The van der Waals surface area contributed by atoms with Crippen LogP contribution in [0.4, 0.5) is 10.1 Å². The standard InChI is InChI=1S/C32H33FN2O3/c1-34(22-24-3-2-4-28(36)19-24)17-18-38-30-12-5-23(6-13-30)20-32-31-14-11-29(37)21-25(31)15-16-35(32)27-9-7-26(33)8-10-27/h2-14,19,21,32,36-37H,15-18,20,22H2,1H3. The summed E-state index contributed by atoms with van der Waals surface area (Å²) in [5, 5.41) is 19.7. The molecule has 2 N–H and O–H groups in total. The Hall–Kier alpha value is -4.03. The molecular formula is C32H33FN2O3. The number of halogens is 1. The average Bonchev–Trinajstić information content (AvgIpc) is 2.90. The number of likely N-dealkylation sites (N-methyl/N-ethyl adjacent to an activating group) is 1. The first-order chi connectivity index (χ1) is 18.4. The predicted octanol–water partition coefficient (Wildman–Crippen LogP) is 6.09. The highest BCUT2D eigenvalue weighted by Crippen LogP contribution is 2.37. The molecule has 0 saturated heterocycles. The first-order valence-corrected chi connectivity index (χ1v) is 13.0. The normalized spacial score (nSPS) is 14.9. The van der Waals surface area contributed by atoms with E-state index in [1.807, 2.05) is 55.6 Å². The van der Waals surface area contributed by atoms with Crippen LogP contribution in [-0.4, -0.2) is 41.9 Å². The maximum Gasteiger partial charge on any atom is 0.123 e. The molecule has 1 heterocycles. The molecule has 4 aromatic rings. The van der Waals surface area contributed by atoms with E-state index in [9.17, 15) is 14.6 Å². The number of benzene rings is 4. The molecular weight excluding hydrogens is 479 g/mol. The van der Waals surface area contributed by atoms with E-state index < -0.39 is 0 Å². The number of phenols is 2. The van der Waals surface area contributed by atoms with Gasteiger partial charge in [0.25, 0.3) is 0 Å². The van der Waals surface area contributed by atoms with E-state index >= 15 is 0 Å². The molecule has 1 unspecified atom stereocenters. The van der Waals surface area contributed by atoms with Crippen LogP contribution >= 0.6 is 0 Å². The predicted molar refractivity (Wildman–Crippen MR) is 148 cm³/mol. The van der Waals surface area contributed by atoms with E-state index in [4.69, 9.17) is 4.74 Å². The highest BCUT2D eigenvalue weighted by Gasteiger charge is 2.28. The Morgan fingerprint density at radius 2 is 1.66 bits per heavy atom. The summed E-state index contributed by atoms with van der Waals surface area (Å²) in [7, 11) is 2.03. The minimum absolute atomic E-state index is 0.0719. The third kappa shape index (κ3) is 6.26. The first kappa shape index (κ1) is 25.6. The monoisotopic (exact) mass is 512 g/mol. The smallest absolute Gasteiger partial charge is 0.123 e. The Kier molecular flexibility index (Phi) is 7.80. The molecule has 5 rings (SSSR count). The van der Waals surface area contributed by atoms with Crippen LogP contribution in [0.3, 0.4) is 0 Å². The van der Waals surface area contributed by atoms with Gasteiger partial charge in [-0.05, 0) is 103 Å². The zero-order valence-corrected chi connectivity index (χ0v) is 21.6. The Morgan fingerprint density at radius 1 is 0.895 bits per heavy atom. The Bertz CT molecular complexity index is 1360. The summed E-state index contributed by atoms with van der Waals surface area (Å²) in [5.41, 5.74) is 5.57. The van der Waals surface area contributed by atoms with Gasteiger partial charge in [0.05, 0.1) is 6.04 Å². The largest absolute Gasteiger partial charge is 0.508 e. The average molecular weight is 513 g/mol. The fourth-order valence-corrected chi connectivity index (χ4v) is 5.17. The molecule has 196 valence electrons. The van der Waals surface area contributed by atoms with Gasteiger partial charge in [-0.15, -0.1) is 0 Å². The van der Waals surface area contributed by atoms with E-state index in [-0.39, 0.29) is 23.4 Å². The minimum Gasteiger partial charge on any atom is -0.508 e. The lowest BCUT2D eigenvalue weighted by molar-refractivity contribution is 0.232. The number of nitrogens with zero attached hydrogens (tertiary/aromatic N) is 2. The number of ether oxygens (including phenoxy) is 1. The molecule has 0 bridgehead atoms. The number of hydrogen-bond donors (Lipinski definition) is 2. The quantitative estimate of drug-likeness (QED) is 0.284. The van der Waals surface area contributed by atoms with Crippen molar-refractivity contribution in [3.63, 3.8) is 0 Å². The van der Waals surface area contributed by atoms with Crippen molar-refractivity contribution in [1.82, 2.24) is 4.90 Å². The van der Waals surface area contributed by atoms with Gasteiger partial charge in [0.1, 0.15) is 29.7 Å². The van der Waals surface area contributed by atoms with Gasteiger partial charge in [0.2, 0.25) is 0 Å². The number of hydrogen-bond acceptors (Lipinski definition) is 5. The van der Waals surface area contributed by atoms with Crippen LogP contribution in [0.5, 0.6) is 17.2 Å². The SMILES string of the molecule is CN(CCOc1ccc(CC2c3ccc(O)cc3CCN2c2ccc(F)cc2)cc1)Cc1cccc(O)c1. The van der Waals surface area contributed by atoms with Crippen LogP contribution in [0.15, 0.2) is 91.0 Å². The molecule has 38 heavy (non-hydrogen) atoms. The Morgan fingerprint density at radius 3 is 2.42 bits per heavy atom. The molecule has 4 aromatic carbocycles. The molecule has 5 nitrogen and oxygen atoms in total. The van der Waals surface area contributed by atoms with Crippen molar-refractivity contribution in [3.05, 3.63) is 119 Å². The second kappa shape index (κ2) is 11.6. The zero-order valence-electron chi connectivity index (χ0n) is 21.6. The number of aromatic hydroxyl groups is 2. The van der Waals surface area contributed by atoms with Crippen molar-refractivity contribution in [1.29, 1.82) is 0 Å². The van der Waals surface area contributed by atoms with Crippen LogP contribution in [-0.2, 0) is 19.4 Å². The third-order valence-electron chi connectivity index (χ3n) is 7.10. The maximum atomic E-state index is 13.6. The Balaban J connectivity index is 1.23. The fraction of sp³-hybridized carbons (Fsp3) is 0.250. The Labute approximate surface area is 223 Å². The molecule has 6 heteroatoms. The summed E-state index contributed by atoms with van der Waals surface area (Å²) < 4.78 is 19.6. The number of rotatable bonds is 9. The number of phenolic OH excluding ortho intramolecular Hbond substituents is 2. The number of fused-ring (bicyclic) bond motifs is 1. The van der Waals surface area contributed by atoms with Crippen molar-refractivity contribution in [2.45, 2.75) is 25.4 Å². The third-order valence-corrected chi connectivity index (χ3v) is 7.10. The van der Waals surface area contributed by atoms with Gasteiger partial charge in [0, 0.05) is 25.3 Å². The molecule has 0 amide bonds. The van der Waals surface area contributed by atoms with E-state index in [0.717, 1.165) is 55.0 Å². The van der Waals surface area contributed by atoms with Crippen LogP contribution in [0, 0.1) is 5.82 Å². The molecule has 1 aliphatic heterocycles. The van der Waals surface area contributed by atoms with E-state index in [0.29, 0.717) is 6.61 Å². The second-order valence-corrected chi connectivity index (χ2v) is 9.92. The molecule has 0 saturated carbocycles. The van der Waals surface area contributed by atoms with Crippen molar-refractivity contribution in [3.8, 4) is 17.2 Å². The lowest BCUT2D eigenvalue weighted by Gasteiger charge is -2.39. The van der Waals surface area contributed by atoms with Gasteiger partial charge < -0.3 is 19.8 Å². The van der Waals surface area contributed by atoms with E-state index in [1.165, 1.54) is 23.3 Å². The summed E-state index contributed by atoms with van der Waals surface area (Å²) in [6, 6.07) is 27.9. The summed E-state index contributed by atoms with van der Waals surface area (Å²) >= 11 is 0. The molecule has 0 aromatic heterocycles. The van der Waals surface area contributed by atoms with Gasteiger partial charge in [-0.25, -0.2) is 4.39 Å². The zero-order chi connectivity index (χ0) is 26.5. The summed E-state index contributed by atoms with van der Waals surface area (Å²) in [6.07, 6.45) is 1.60. The van der Waals surface area contributed by atoms with Crippen LogP contribution < -0.4 is 9.64 Å². The molecule has 0 fully saturated rings. The highest BCUT2D eigenvalue weighted by atomic mass is 19.1. The van der Waals surface area contributed by atoms with Gasteiger partial charge in [-0.2, -0.15) is 0 Å². The summed E-state index contributed by atoms with van der Waals surface area (Å²) in [5.74, 6) is 1.15. The van der Waals surface area contributed by atoms with Gasteiger partial charge in [0.15, 0.2) is 0 Å². The van der Waals surface area contributed by atoms with E-state index in [1.54, 1.807) is 18.2 Å². The molecule has 0 radical (unpaired) electrons. The van der Waals surface area contributed by atoms with Gasteiger partial charge in [-0.3, -0.25) is 4.90 Å². The lowest BCUT2D eigenvalue weighted by Crippen LogP contribution is -2.36. The molecule has 1 atom stereocenters. The topological polar surface area (TPSA) is 56.2 Å². The highest BCUT2D eigenvalue weighted by molar-refractivity contribution is 5.53. The summed E-state index contributed by atoms with van der Waals surface area (Å²) in [4.78, 5) is 4.48. The fourth-order valence-electron chi connectivity index (χ4n) is 5.17. The lowest BCUT2D eigenvalue weighted by atomic mass is 9.88. The molecule has 0 spiro atoms. The van der Waals surface area contributed by atoms with Crippen LogP contribution in [0.2, 0.25) is 0 Å². The van der Waals surface area contributed by atoms with E-state index in [2.05, 4.69) is 21.9 Å². The number of anilines is 1. The maximum absolute atomic E-state index is 13.6. The second-order valence-electron chi connectivity index (χ2n) is 9.92. The van der Waals surface area contributed by atoms with Crippen LogP contribution in [0.25, 0.3) is 0 Å².